The van der Waals surface area contributed by atoms with Crippen LogP contribution in [0, 0.1) is 23.7 Å². The van der Waals surface area contributed by atoms with Crippen molar-refractivity contribution in [2.24, 2.45) is 23.7 Å². The quantitative estimate of drug-likeness (QED) is 0.587. The summed E-state index contributed by atoms with van der Waals surface area (Å²) in [6.07, 6.45) is 2.03. The Balaban J connectivity index is 1.50. The molecule has 0 N–H and O–H groups in total. The second kappa shape index (κ2) is 6.28. The van der Waals surface area contributed by atoms with Gasteiger partial charge in [0.05, 0.1) is 11.8 Å². The van der Waals surface area contributed by atoms with Gasteiger partial charge in [0.25, 0.3) is 0 Å². The normalized spacial score (nSPS) is 33.2. The number of rotatable bonds is 6. The van der Waals surface area contributed by atoms with Crippen molar-refractivity contribution in [1.82, 2.24) is 0 Å². The molecule has 4 rings (SSSR count). The summed E-state index contributed by atoms with van der Waals surface area (Å²) in [5.41, 5.74) is 0.544. The maximum atomic E-state index is 12.8. The molecular weight excluding hydrogens is 320 g/mol. The van der Waals surface area contributed by atoms with E-state index in [4.69, 9.17) is 9.47 Å². The van der Waals surface area contributed by atoms with E-state index in [9.17, 15) is 14.4 Å². The SMILES string of the molecule is CCC[C@H](OC(=O)[C@@H]1[C@@H]2C[C@@H]3[C@@H]1C(=O)O[C@H]3C2)C(=O)c1ccccc1. The number of carbonyl (C=O) groups is 3. The summed E-state index contributed by atoms with van der Waals surface area (Å²) in [5, 5.41) is 0. The minimum Gasteiger partial charge on any atom is -0.462 e. The molecule has 0 unspecified atom stereocenters. The molecule has 1 heterocycles. The third-order valence-electron chi connectivity index (χ3n) is 5.92. The Hall–Kier alpha value is -2.17. The predicted octanol–water partition coefficient (Wildman–Crippen LogP) is 2.78. The second-order valence-electron chi connectivity index (χ2n) is 7.37. The minimum absolute atomic E-state index is 0.0102. The lowest BCUT2D eigenvalue weighted by atomic mass is 9.80. The molecule has 1 aromatic rings. The van der Waals surface area contributed by atoms with E-state index in [2.05, 4.69) is 0 Å². The highest BCUT2D eigenvalue weighted by molar-refractivity contribution is 6.00. The minimum atomic E-state index is -0.785. The Kier molecular flexibility index (Phi) is 4.10. The number of benzene rings is 1. The first-order valence-corrected chi connectivity index (χ1v) is 9.10. The van der Waals surface area contributed by atoms with Gasteiger partial charge in [-0.2, -0.15) is 0 Å². The Morgan fingerprint density at radius 2 is 2.00 bits per heavy atom. The fourth-order valence-corrected chi connectivity index (χ4v) is 4.84. The van der Waals surface area contributed by atoms with E-state index in [1.807, 2.05) is 13.0 Å². The molecule has 1 aliphatic heterocycles. The van der Waals surface area contributed by atoms with Crippen LogP contribution in [0.15, 0.2) is 30.3 Å². The molecule has 0 spiro atoms. The van der Waals surface area contributed by atoms with Gasteiger partial charge in [-0.1, -0.05) is 43.7 Å². The molecule has 6 atom stereocenters. The maximum Gasteiger partial charge on any atom is 0.310 e. The van der Waals surface area contributed by atoms with Crippen LogP contribution in [0.25, 0.3) is 0 Å². The second-order valence-corrected chi connectivity index (χ2v) is 7.37. The van der Waals surface area contributed by atoms with Gasteiger partial charge >= 0.3 is 11.9 Å². The Labute approximate surface area is 146 Å². The molecule has 2 bridgehead atoms. The maximum absolute atomic E-state index is 12.8. The standard InChI is InChI=1S/C20H22O5/c1-2-6-14(18(21)11-7-4-3-5-8-11)24-19(22)16-12-9-13-15(10-12)25-20(23)17(13)16/h3-5,7-8,12-17H,2,6,9-10H2,1H3/t12-,13+,14+,15+,16-,17+/m1/s1. The van der Waals surface area contributed by atoms with Crippen LogP contribution in [0.2, 0.25) is 0 Å². The highest BCUT2D eigenvalue weighted by Crippen LogP contribution is 2.58. The van der Waals surface area contributed by atoms with Crippen LogP contribution in [-0.2, 0) is 19.1 Å². The molecule has 1 aromatic carbocycles. The summed E-state index contributed by atoms with van der Waals surface area (Å²) in [5.74, 6) is -1.36. The summed E-state index contributed by atoms with van der Waals surface area (Å²) in [7, 11) is 0. The van der Waals surface area contributed by atoms with Crippen LogP contribution in [0.1, 0.15) is 43.0 Å². The fourth-order valence-electron chi connectivity index (χ4n) is 4.84. The van der Waals surface area contributed by atoms with Crippen molar-refractivity contribution in [2.45, 2.75) is 44.8 Å². The number of fused-ring (bicyclic) bond motifs is 1. The predicted molar refractivity (Wildman–Crippen MR) is 88.6 cm³/mol. The summed E-state index contributed by atoms with van der Waals surface area (Å²) < 4.78 is 11.0. The van der Waals surface area contributed by atoms with Crippen molar-refractivity contribution < 1.29 is 23.9 Å². The molecule has 0 radical (unpaired) electrons. The Morgan fingerprint density at radius 3 is 2.72 bits per heavy atom. The summed E-state index contributed by atoms with van der Waals surface area (Å²) in [4.78, 5) is 37.6. The van der Waals surface area contributed by atoms with Gasteiger partial charge in [-0.05, 0) is 25.2 Å². The molecule has 5 nitrogen and oxygen atoms in total. The molecular formula is C20H22O5. The van der Waals surface area contributed by atoms with Crippen molar-refractivity contribution in [2.75, 3.05) is 0 Å². The summed E-state index contributed by atoms with van der Waals surface area (Å²) in [6.45, 7) is 1.95. The smallest absolute Gasteiger partial charge is 0.310 e. The average molecular weight is 342 g/mol. The topological polar surface area (TPSA) is 69.7 Å². The molecule has 0 amide bonds. The van der Waals surface area contributed by atoms with E-state index < -0.39 is 18.0 Å². The first kappa shape index (κ1) is 16.3. The van der Waals surface area contributed by atoms with Crippen LogP contribution < -0.4 is 0 Å². The lowest BCUT2D eigenvalue weighted by Gasteiger charge is -2.25. The highest BCUT2D eigenvalue weighted by Gasteiger charge is 2.64. The van der Waals surface area contributed by atoms with E-state index in [0.717, 1.165) is 19.3 Å². The van der Waals surface area contributed by atoms with Gasteiger partial charge in [-0.15, -0.1) is 0 Å². The van der Waals surface area contributed by atoms with Gasteiger partial charge in [0.2, 0.25) is 5.78 Å². The third-order valence-corrected chi connectivity index (χ3v) is 5.92. The van der Waals surface area contributed by atoms with Gasteiger partial charge in [0, 0.05) is 11.5 Å². The van der Waals surface area contributed by atoms with E-state index in [0.29, 0.717) is 12.0 Å². The summed E-state index contributed by atoms with van der Waals surface area (Å²) >= 11 is 0. The summed E-state index contributed by atoms with van der Waals surface area (Å²) in [6, 6.07) is 8.89. The number of esters is 2. The number of hydrogen-bond acceptors (Lipinski definition) is 5. The fraction of sp³-hybridized carbons (Fsp3) is 0.550. The molecule has 132 valence electrons. The van der Waals surface area contributed by atoms with Crippen molar-refractivity contribution in [1.29, 1.82) is 0 Å². The van der Waals surface area contributed by atoms with Gasteiger partial charge < -0.3 is 9.47 Å². The molecule has 5 heteroatoms. The third kappa shape index (κ3) is 2.66. The monoisotopic (exact) mass is 342 g/mol. The van der Waals surface area contributed by atoms with Gasteiger partial charge in [0.15, 0.2) is 6.10 Å². The van der Waals surface area contributed by atoms with Crippen molar-refractivity contribution in [3.63, 3.8) is 0 Å². The number of hydrogen-bond donors (Lipinski definition) is 0. The molecule has 0 aromatic heterocycles. The molecule has 3 fully saturated rings. The Morgan fingerprint density at radius 1 is 1.24 bits per heavy atom. The van der Waals surface area contributed by atoms with Crippen molar-refractivity contribution >= 4 is 17.7 Å². The lowest BCUT2D eigenvalue weighted by molar-refractivity contribution is -0.158. The Bertz CT molecular complexity index is 695. The number of Topliss-reactive ketones (excluding diaryl/α,β-unsaturated/α-hetero) is 1. The molecule has 2 saturated carbocycles. The van der Waals surface area contributed by atoms with E-state index >= 15 is 0 Å². The molecule has 1 saturated heterocycles. The first-order valence-electron chi connectivity index (χ1n) is 9.10. The van der Waals surface area contributed by atoms with Crippen LogP contribution in [0.4, 0.5) is 0 Å². The van der Waals surface area contributed by atoms with Gasteiger partial charge in [0.1, 0.15) is 6.10 Å². The van der Waals surface area contributed by atoms with Crippen LogP contribution in [0.5, 0.6) is 0 Å². The van der Waals surface area contributed by atoms with E-state index in [-0.39, 0.29) is 35.6 Å². The van der Waals surface area contributed by atoms with Gasteiger partial charge in [-0.25, -0.2) is 0 Å². The molecule has 3 aliphatic rings. The van der Waals surface area contributed by atoms with Crippen LogP contribution >= 0.6 is 0 Å². The van der Waals surface area contributed by atoms with Crippen molar-refractivity contribution in [3.05, 3.63) is 35.9 Å². The van der Waals surface area contributed by atoms with Crippen LogP contribution in [-0.4, -0.2) is 29.9 Å². The molecule has 25 heavy (non-hydrogen) atoms. The van der Waals surface area contributed by atoms with Gasteiger partial charge in [-0.3, -0.25) is 14.4 Å². The first-order chi connectivity index (χ1) is 12.1. The zero-order valence-corrected chi connectivity index (χ0v) is 14.2. The largest absolute Gasteiger partial charge is 0.462 e. The zero-order chi connectivity index (χ0) is 17.6. The van der Waals surface area contributed by atoms with E-state index in [1.165, 1.54) is 0 Å². The average Bonchev–Trinajstić information content (AvgIpc) is 3.23. The zero-order valence-electron chi connectivity index (χ0n) is 14.2. The van der Waals surface area contributed by atoms with Crippen LogP contribution in [0.3, 0.4) is 0 Å². The van der Waals surface area contributed by atoms with Crippen molar-refractivity contribution in [3.8, 4) is 0 Å². The lowest BCUT2D eigenvalue weighted by Crippen LogP contribution is -2.37. The molecule has 2 aliphatic carbocycles. The number of carbonyl (C=O) groups excluding carboxylic acids is 3. The highest BCUT2D eigenvalue weighted by atomic mass is 16.6. The number of ketones is 1. The van der Waals surface area contributed by atoms with E-state index in [1.54, 1.807) is 24.3 Å². The number of ether oxygens (including phenoxy) is 2.